The van der Waals surface area contributed by atoms with Crippen LogP contribution in [0.4, 0.5) is 0 Å². The molecule has 0 saturated carbocycles. The van der Waals surface area contributed by atoms with Crippen molar-refractivity contribution in [2.24, 2.45) is 5.73 Å². The van der Waals surface area contributed by atoms with Gasteiger partial charge in [-0.15, -0.1) is 4.52 Å². The van der Waals surface area contributed by atoms with Gasteiger partial charge in [-0.25, -0.2) is 4.79 Å². The van der Waals surface area contributed by atoms with Crippen LogP contribution in [0.15, 0.2) is 11.6 Å². The van der Waals surface area contributed by atoms with Crippen molar-refractivity contribution in [1.82, 2.24) is 0 Å². The zero-order valence-corrected chi connectivity index (χ0v) is 11.1. The van der Waals surface area contributed by atoms with Gasteiger partial charge in [-0.05, 0) is 17.4 Å². The molecule has 0 aromatic heterocycles. The van der Waals surface area contributed by atoms with Crippen LogP contribution in [-0.4, -0.2) is 30.4 Å². The Morgan fingerprint density at radius 2 is 2.18 bits per heavy atom. The monoisotopic (exact) mass is 262 g/mol. The molecule has 0 amide bonds. The van der Waals surface area contributed by atoms with Crippen molar-refractivity contribution < 1.29 is 19.0 Å². The third kappa shape index (κ3) is 8.98. The lowest BCUT2D eigenvalue weighted by atomic mass is 10.1. The molecule has 0 spiro atoms. The molecule has 0 aromatic rings. The first-order valence-electron chi connectivity index (χ1n) is 5.81. The van der Waals surface area contributed by atoms with Crippen LogP contribution in [0.2, 0.25) is 0 Å². The van der Waals surface area contributed by atoms with E-state index in [1.54, 1.807) is 6.08 Å². The van der Waals surface area contributed by atoms with Crippen LogP contribution in [0.25, 0.3) is 0 Å². The lowest BCUT2D eigenvalue weighted by Crippen LogP contribution is -2.08. The van der Waals surface area contributed by atoms with E-state index < -0.39 is 14.0 Å². The first-order chi connectivity index (χ1) is 8.11. The minimum Gasteiger partial charge on any atom is -0.478 e. The molecule has 0 heterocycles. The fourth-order valence-electron chi connectivity index (χ4n) is 1.19. The highest BCUT2D eigenvalue weighted by Gasteiger charge is 2.18. The molecule has 3 N–H and O–H groups in total. The van der Waals surface area contributed by atoms with E-state index >= 15 is 0 Å². The van der Waals surface area contributed by atoms with Crippen LogP contribution < -0.4 is 5.73 Å². The maximum Gasteiger partial charge on any atom is 0.509 e. The quantitative estimate of drug-likeness (QED) is 0.358. The predicted octanol–water partition coefficient (Wildman–Crippen LogP) is 2.30. The molecule has 0 fully saturated rings. The summed E-state index contributed by atoms with van der Waals surface area (Å²) in [6.45, 7) is 2.25. The van der Waals surface area contributed by atoms with Crippen molar-refractivity contribution in [2.45, 2.75) is 32.6 Å². The summed E-state index contributed by atoms with van der Waals surface area (Å²) in [6.07, 6.45) is 5.75. The molecule has 0 bridgehead atoms. The van der Waals surface area contributed by atoms with Crippen molar-refractivity contribution >= 4 is 14.0 Å². The van der Waals surface area contributed by atoms with Gasteiger partial charge in [0.1, 0.15) is 6.61 Å². The predicted molar refractivity (Wildman–Crippen MR) is 67.3 cm³/mol. The maximum absolute atomic E-state index is 11.2. The topological polar surface area (TPSA) is 89.6 Å². The summed E-state index contributed by atoms with van der Waals surface area (Å²) in [7, 11) is -1.84. The van der Waals surface area contributed by atoms with E-state index in [0.717, 1.165) is 19.3 Å². The van der Waals surface area contributed by atoms with Crippen LogP contribution >= 0.6 is 8.03 Å². The third-order valence-corrected chi connectivity index (χ3v) is 3.19. The third-order valence-electron chi connectivity index (χ3n) is 2.15. The summed E-state index contributed by atoms with van der Waals surface area (Å²) in [4.78, 5) is 10.9. The Labute approximate surface area is 103 Å². The Balaban J connectivity index is 4.06. The lowest BCUT2D eigenvalue weighted by molar-refractivity contribution is -0.133. The van der Waals surface area contributed by atoms with E-state index in [4.69, 9.17) is 15.4 Å². The number of nitrogens with two attached hydrogens (primary N) is 1. The fourth-order valence-corrected chi connectivity index (χ4v) is 1.81. The number of hydrogen-bond acceptors (Lipinski definition) is 4. The molecule has 0 aliphatic carbocycles. The summed E-state index contributed by atoms with van der Waals surface area (Å²) in [5, 5.41) is 8.90. The minimum absolute atomic E-state index is 0.114. The molecule has 6 heteroatoms. The average molecular weight is 262 g/mol. The van der Waals surface area contributed by atoms with Crippen LogP contribution in [0.3, 0.4) is 0 Å². The second-order valence-corrected chi connectivity index (χ2v) is 5.02. The molecule has 98 valence electrons. The number of carbonyl (C=O) groups is 1. The molecule has 0 rings (SSSR count). The zero-order valence-electron chi connectivity index (χ0n) is 10.2. The number of hydrogen-bond donors (Lipinski definition) is 2. The van der Waals surface area contributed by atoms with Crippen molar-refractivity contribution in [3.63, 3.8) is 0 Å². The highest BCUT2D eigenvalue weighted by Crippen LogP contribution is 2.21. The molecule has 0 radical (unpaired) electrons. The largest absolute Gasteiger partial charge is 0.509 e. The molecular formula is C11H21NO4P+. The SMILES string of the molecule is CCCCCC=C(CO[P+](=O)CCN)C(=O)O. The molecule has 1 unspecified atom stereocenters. The van der Waals surface area contributed by atoms with Gasteiger partial charge in [0.15, 0.2) is 6.16 Å². The van der Waals surface area contributed by atoms with Gasteiger partial charge in [0.2, 0.25) is 0 Å². The molecular weight excluding hydrogens is 241 g/mol. The summed E-state index contributed by atoms with van der Waals surface area (Å²) >= 11 is 0. The first-order valence-corrected chi connectivity index (χ1v) is 7.18. The van der Waals surface area contributed by atoms with Crippen molar-refractivity contribution in [3.05, 3.63) is 11.6 Å². The number of rotatable bonds is 10. The van der Waals surface area contributed by atoms with Gasteiger partial charge in [-0.2, -0.15) is 0 Å². The van der Waals surface area contributed by atoms with Gasteiger partial charge >= 0.3 is 14.0 Å². The average Bonchev–Trinajstić information content (AvgIpc) is 2.28. The Morgan fingerprint density at radius 3 is 2.71 bits per heavy atom. The van der Waals surface area contributed by atoms with Gasteiger partial charge in [0, 0.05) is 6.54 Å². The highest BCUT2D eigenvalue weighted by molar-refractivity contribution is 7.39. The van der Waals surface area contributed by atoms with Gasteiger partial charge in [0.25, 0.3) is 0 Å². The number of aliphatic carboxylic acids is 1. The number of unbranched alkanes of at least 4 members (excludes halogenated alkanes) is 3. The lowest BCUT2D eigenvalue weighted by Gasteiger charge is -1.98. The Bertz CT molecular complexity index is 279. The summed E-state index contributed by atoms with van der Waals surface area (Å²) < 4.78 is 16.1. The normalized spacial score (nSPS) is 12.6. The van der Waals surface area contributed by atoms with E-state index in [2.05, 4.69) is 6.92 Å². The summed E-state index contributed by atoms with van der Waals surface area (Å²) in [5.74, 6) is -1.02. The summed E-state index contributed by atoms with van der Waals surface area (Å²) in [6, 6.07) is 0. The summed E-state index contributed by atoms with van der Waals surface area (Å²) in [5.41, 5.74) is 5.38. The van der Waals surface area contributed by atoms with E-state index in [0.29, 0.717) is 6.42 Å². The van der Waals surface area contributed by atoms with Crippen molar-refractivity contribution in [3.8, 4) is 0 Å². The second kappa shape index (κ2) is 10.4. The van der Waals surface area contributed by atoms with E-state index in [-0.39, 0.29) is 24.9 Å². The molecule has 0 aliphatic rings. The molecule has 0 aliphatic heterocycles. The second-order valence-electron chi connectivity index (χ2n) is 3.65. The van der Waals surface area contributed by atoms with Gasteiger partial charge in [0.05, 0.1) is 5.57 Å². The van der Waals surface area contributed by atoms with Gasteiger partial charge in [-0.3, -0.25) is 0 Å². The van der Waals surface area contributed by atoms with Crippen LogP contribution in [0, 0.1) is 0 Å². The fraction of sp³-hybridized carbons (Fsp3) is 0.727. The number of carboxylic acids is 1. The van der Waals surface area contributed by atoms with Gasteiger partial charge < -0.3 is 10.8 Å². The zero-order chi connectivity index (χ0) is 13.1. The van der Waals surface area contributed by atoms with Crippen molar-refractivity contribution in [1.29, 1.82) is 0 Å². The number of carboxylic acid groups (broad SMARTS) is 1. The molecule has 1 atom stereocenters. The Kier molecular flexibility index (Phi) is 9.92. The Morgan fingerprint density at radius 1 is 1.47 bits per heavy atom. The van der Waals surface area contributed by atoms with E-state index in [1.807, 2.05) is 0 Å². The molecule has 0 aromatic carbocycles. The van der Waals surface area contributed by atoms with Crippen LogP contribution in [-0.2, 0) is 13.9 Å². The van der Waals surface area contributed by atoms with Crippen LogP contribution in [0.1, 0.15) is 32.6 Å². The number of allylic oxidation sites excluding steroid dienone is 1. The molecule has 17 heavy (non-hydrogen) atoms. The molecule has 0 saturated heterocycles. The van der Waals surface area contributed by atoms with E-state index in [9.17, 15) is 9.36 Å². The maximum atomic E-state index is 11.2. The van der Waals surface area contributed by atoms with Crippen molar-refractivity contribution in [2.75, 3.05) is 19.3 Å². The minimum atomic E-state index is -1.84. The smallest absolute Gasteiger partial charge is 0.478 e. The first kappa shape index (κ1) is 16.2. The standard InChI is InChI=1S/C11H20NO4P/c1-2-3-4-5-6-10(11(13)14)9-16-17(15)8-7-12/h6H,2-5,7-9,12H2,1H3/p+1. The molecule has 5 nitrogen and oxygen atoms in total. The van der Waals surface area contributed by atoms with Gasteiger partial charge in [-0.1, -0.05) is 25.8 Å². The Hall–Kier alpha value is -0.770. The van der Waals surface area contributed by atoms with E-state index in [1.165, 1.54) is 0 Å². The highest BCUT2D eigenvalue weighted by atomic mass is 31.1. The van der Waals surface area contributed by atoms with Crippen LogP contribution in [0.5, 0.6) is 0 Å².